The van der Waals surface area contributed by atoms with Crippen molar-refractivity contribution >= 4 is 10.4 Å². The van der Waals surface area contributed by atoms with Crippen LogP contribution in [0.25, 0.3) is 0 Å². The van der Waals surface area contributed by atoms with Crippen LogP contribution in [0.15, 0.2) is 0 Å². The first-order valence-corrected chi connectivity index (χ1v) is 18.5. The molecule has 0 heterocycles. The molecule has 5 heteroatoms. The molecule has 0 radical (unpaired) electrons. The quantitative estimate of drug-likeness (QED) is 0.0656. The molecule has 0 bridgehead atoms. The Balaban J connectivity index is 3.69. The average molecular weight is 561 g/mol. The van der Waals surface area contributed by atoms with E-state index in [-0.39, 0.29) is 12.5 Å². The predicted octanol–water partition coefficient (Wildman–Crippen LogP) is 11.8. The van der Waals surface area contributed by atoms with Crippen LogP contribution in [0.4, 0.5) is 0 Å². The first kappa shape index (κ1) is 37.9. The number of hydrogen-bond donors (Lipinski definition) is 1. The fraction of sp³-hybridized carbons (Fsp3) is 1.00. The third-order valence-electron chi connectivity index (χ3n) is 8.13. The van der Waals surface area contributed by atoms with Gasteiger partial charge >= 0.3 is 10.4 Å². The van der Waals surface area contributed by atoms with Gasteiger partial charge in [-0.25, -0.2) is 4.18 Å². The number of unbranched alkanes of at least 4 members (excludes halogenated alkanes) is 25. The highest BCUT2D eigenvalue weighted by Crippen LogP contribution is 2.21. The zero-order chi connectivity index (χ0) is 28.0. The molecule has 0 spiro atoms. The van der Waals surface area contributed by atoms with Crippen molar-refractivity contribution in [3.63, 3.8) is 0 Å². The first-order chi connectivity index (χ1) is 18.5. The topological polar surface area (TPSA) is 63.6 Å². The molecule has 1 N–H and O–H groups in total. The van der Waals surface area contributed by atoms with Crippen molar-refractivity contribution in [2.24, 2.45) is 5.92 Å². The lowest BCUT2D eigenvalue weighted by molar-refractivity contribution is 0.204. The minimum absolute atomic E-state index is 0.134. The van der Waals surface area contributed by atoms with Crippen LogP contribution in [0, 0.1) is 5.92 Å². The monoisotopic (exact) mass is 560 g/mol. The lowest BCUT2D eigenvalue weighted by atomic mass is 9.94. The van der Waals surface area contributed by atoms with Crippen molar-refractivity contribution in [1.82, 2.24) is 0 Å². The Morgan fingerprint density at radius 1 is 0.447 bits per heavy atom. The van der Waals surface area contributed by atoms with E-state index >= 15 is 0 Å². The van der Waals surface area contributed by atoms with Crippen molar-refractivity contribution in [2.75, 3.05) is 6.61 Å². The summed E-state index contributed by atoms with van der Waals surface area (Å²) in [7, 11) is -4.33. The smallest absolute Gasteiger partial charge is 0.264 e. The molecule has 4 nitrogen and oxygen atoms in total. The van der Waals surface area contributed by atoms with Crippen LogP contribution in [0.3, 0.4) is 0 Å². The molecule has 0 saturated carbocycles. The molecule has 0 fully saturated rings. The van der Waals surface area contributed by atoms with Crippen LogP contribution in [0.1, 0.15) is 200 Å². The lowest BCUT2D eigenvalue weighted by Crippen LogP contribution is -2.14. The predicted molar refractivity (Wildman–Crippen MR) is 166 cm³/mol. The van der Waals surface area contributed by atoms with Crippen LogP contribution in [0.5, 0.6) is 0 Å². The number of hydrogen-bond acceptors (Lipinski definition) is 3. The summed E-state index contributed by atoms with van der Waals surface area (Å²) in [5.41, 5.74) is 0. The minimum atomic E-state index is -4.33. The number of rotatable bonds is 32. The van der Waals surface area contributed by atoms with Crippen LogP contribution in [-0.4, -0.2) is 19.6 Å². The van der Waals surface area contributed by atoms with Crippen molar-refractivity contribution in [1.29, 1.82) is 0 Å². The maximum Gasteiger partial charge on any atom is 0.397 e. The molecule has 0 aliphatic carbocycles. The Hall–Kier alpha value is -0.130. The molecular weight excluding hydrogens is 492 g/mol. The normalized spacial score (nSPS) is 12.8. The van der Waals surface area contributed by atoms with Gasteiger partial charge in [0, 0.05) is 0 Å². The summed E-state index contributed by atoms with van der Waals surface area (Å²) in [6, 6.07) is 0. The maximum atomic E-state index is 11.1. The molecule has 0 rings (SSSR count). The highest BCUT2D eigenvalue weighted by atomic mass is 32.3. The third-order valence-corrected chi connectivity index (χ3v) is 8.57. The van der Waals surface area contributed by atoms with Gasteiger partial charge in [-0.05, 0) is 18.8 Å². The van der Waals surface area contributed by atoms with E-state index in [1.54, 1.807) is 0 Å². The second-order valence-electron chi connectivity index (χ2n) is 12.0. The van der Waals surface area contributed by atoms with Crippen molar-refractivity contribution < 1.29 is 17.2 Å². The zero-order valence-corrected chi connectivity index (χ0v) is 26.7. The third kappa shape index (κ3) is 32.1. The van der Waals surface area contributed by atoms with E-state index in [4.69, 9.17) is 8.74 Å². The van der Waals surface area contributed by atoms with Crippen LogP contribution >= 0.6 is 0 Å². The van der Waals surface area contributed by atoms with Crippen molar-refractivity contribution in [2.45, 2.75) is 200 Å². The summed E-state index contributed by atoms with van der Waals surface area (Å²) in [5.74, 6) is 0.238. The summed E-state index contributed by atoms with van der Waals surface area (Å²) >= 11 is 0. The van der Waals surface area contributed by atoms with Gasteiger partial charge in [0.25, 0.3) is 0 Å². The molecule has 1 unspecified atom stereocenters. The van der Waals surface area contributed by atoms with Gasteiger partial charge in [0.15, 0.2) is 0 Å². The summed E-state index contributed by atoms with van der Waals surface area (Å²) in [6.07, 6.45) is 38.3. The van der Waals surface area contributed by atoms with E-state index in [9.17, 15) is 8.42 Å². The van der Waals surface area contributed by atoms with Gasteiger partial charge in [-0.3, -0.25) is 4.55 Å². The molecule has 0 aromatic heterocycles. The molecule has 0 aromatic rings. The molecule has 0 aliphatic heterocycles. The Labute approximate surface area is 239 Å². The van der Waals surface area contributed by atoms with Gasteiger partial charge in [0.2, 0.25) is 0 Å². The minimum Gasteiger partial charge on any atom is -0.264 e. The van der Waals surface area contributed by atoms with Gasteiger partial charge < -0.3 is 0 Å². The summed E-state index contributed by atoms with van der Waals surface area (Å²) in [5, 5.41) is 0. The van der Waals surface area contributed by atoms with Crippen LogP contribution in [0.2, 0.25) is 0 Å². The molecule has 0 aliphatic rings. The summed E-state index contributed by atoms with van der Waals surface area (Å²) in [6.45, 7) is 4.68. The van der Waals surface area contributed by atoms with E-state index in [2.05, 4.69) is 13.8 Å². The van der Waals surface area contributed by atoms with Crippen molar-refractivity contribution in [3.8, 4) is 0 Å². The standard InChI is InChI=1S/C33H68O4S/c1-3-5-7-9-11-13-15-17-18-19-21-23-25-27-29-31-33(32-37-38(34,35)36)30-28-26-24-22-20-16-14-12-10-8-6-4-2/h33H,3-32H2,1-2H3,(H,34,35,36). The molecule has 38 heavy (non-hydrogen) atoms. The fourth-order valence-electron chi connectivity index (χ4n) is 5.57. The molecule has 230 valence electrons. The van der Waals surface area contributed by atoms with E-state index in [0.29, 0.717) is 0 Å². The second kappa shape index (κ2) is 29.8. The Bertz CT molecular complexity index is 549. The molecule has 0 saturated heterocycles. The Morgan fingerprint density at radius 2 is 0.684 bits per heavy atom. The maximum absolute atomic E-state index is 11.1. The molecular formula is C33H68O4S. The fourth-order valence-corrected chi connectivity index (χ4v) is 5.94. The Morgan fingerprint density at radius 3 is 0.921 bits per heavy atom. The second-order valence-corrected chi connectivity index (χ2v) is 13.1. The molecule has 0 amide bonds. The highest BCUT2D eigenvalue weighted by Gasteiger charge is 2.13. The van der Waals surface area contributed by atoms with E-state index < -0.39 is 10.4 Å². The van der Waals surface area contributed by atoms with Gasteiger partial charge in [-0.15, -0.1) is 0 Å². The zero-order valence-electron chi connectivity index (χ0n) is 25.9. The van der Waals surface area contributed by atoms with E-state index in [0.717, 1.165) is 25.7 Å². The van der Waals surface area contributed by atoms with Crippen LogP contribution < -0.4 is 0 Å². The summed E-state index contributed by atoms with van der Waals surface area (Å²) < 4.78 is 35.9. The first-order valence-electron chi connectivity index (χ1n) is 17.1. The van der Waals surface area contributed by atoms with E-state index in [1.807, 2.05) is 0 Å². The van der Waals surface area contributed by atoms with Gasteiger partial charge in [0.05, 0.1) is 6.61 Å². The largest absolute Gasteiger partial charge is 0.397 e. The average Bonchev–Trinajstić information content (AvgIpc) is 2.89. The van der Waals surface area contributed by atoms with Gasteiger partial charge in [0.1, 0.15) is 0 Å². The highest BCUT2D eigenvalue weighted by molar-refractivity contribution is 7.80. The SMILES string of the molecule is CCCCCCCCCCCCCCCCCC(CCCCCCCCCCCCCC)COS(=O)(=O)O. The lowest BCUT2D eigenvalue weighted by Gasteiger charge is -2.16. The van der Waals surface area contributed by atoms with Gasteiger partial charge in [-0.1, -0.05) is 187 Å². The van der Waals surface area contributed by atoms with Gasteiger partial charge in [-0.2, -0.15) is 8.42 Å². The molecule has 0 aromatic carbocycles. The van der Waals surface area contributed by atoms with E-state index in [1.165, 1.54) is 161 Å². The van der Waals surface area contributed by atoms with Crippen molar-refractivity contribution in [3.05, 3.63) is 0 Å². The van der Waals surface area contributed by atoms with Crippen LogP contribution in [-0.2, 0) is 14.6 Å². The molecule has 1 atom stereocenters. The summed E-state index contributed by atoms with van der Waals surface area (Å²) in [4.78, 5) is 0. The Kier molecular flexibility index (Phi) is 29.7.